The summed E-state index contributed by atoms with van der Waals surface area (Å²) in [5.41, 5.74) is 1.09. The second kappa shape index (κ2) is 11.1. The lowest BCUT2D eigenvalue weighted by Crippen LogP contribution is -2.40. The summed E-state index contributed by atoms with van der Waals surface area (Å²) in [6, 6.07) is 15.1. The zero-order valence-corrected chi connectivity index (χ0v) is 19.5. The molecule has 0 saturated carbocycles. The van der Waals surface area contributed by atoms with E-state index in [1.165, 1.54) is 6.26 Å². The van der Waals surface area contributed by atoms with Crippen LogP contribution in [-0.4, -0.2) is 42.8 Å². The van der Waals surface area contributed by atoms with Crippen molar-refractivity contribution < 1.29 is 38.4 Å². The first-order chi connectivity index (χ1) is 17.0. The van der Waals surface area contributed by atoms with Crippen molar-refractivity contribution in [3.05, 3.63) is 77.4 Å². The van der Waals surface area contributed by atoms with E-state index in [-0.39, 0.29) is 19.1 Å². The summed E-state index contributed by atoms with van der Waals surface area (Å²) in [5, 5.41) is 12.4. The van der Waals surface area contributed by atoms with Crippen molar-refractivity contribution in [2.24, 2.45) is 0 Å². The van der Waals surface area contributed by atoms with Crippen molar-refractivity contribution in [2.75, 3.05) is 20.0 Å². The third kappa shape index (κ3) is 6.05. The molecule has 2 aliphatic heterocycles. The van der Waals surface area contributed by atoms with Gasteiger partial charge in [-0.1, -0.05) is 36.4 Å². The molecule has 2 aliphatic rings. The first-order valence-electron chi connectivity index (χ1n) is 11.6. The lowest BCUT2D eigenvalue weighted by molar-refractivity contribution is -0.159. The molecule has 0 aromatic heterocycles. The van der Waals surface area contributed by atoms with Gasteiger partial charge < -0.3 is 28.8 Å². The minimum Gasteiger partial charge on any atom is -0.493 e. The normalized spacial score (nSPS) is 19.7. The van der Waals surface area contributed by atoms with Crippen molar-refractivity contribution in [1.29, 1.82) is 0 Å². The van der Waals surface area contributed by atoms with Gasteiger partial charge in [-0.25, -0.2) is 9.59 Å². The molecule has 1 amide bonds. The number of benzene rings is 2. The molecule has 9 nitrogen and oxygen atoms in total. The smallest absolute Gasteiger partial charge is 0.414 e. The van der Waals surface area contributed by atoms with E-state index in [0.29, 0.717) is 43.8 Å². The molecule has 1 saturated heterocycles. The summed E-state index contributed by atoms with van der Waals surface area (Å²) in [5.74, 6) is -0.260. The van der Waals surface area contributed by atoms with E-state index in [4.69, 9.17) is 23.7 Å². The van der Waals surface area contributed by atoms with E-state index in [9.17, 15) is 14.7 Å². The van der Waals surface area contributed by atoms with Gasteiger partial charge in [0.2, 0.25) is 12.7 Å². The highest BCUT2D eigenvalue weighted by Gasteiger charge is 2.43. The van der Waals surface area contributed by atoms with Crippen LogP contribution in [0.4, 0.5) is 4.79 Å². The number of hydrogen-bond donors (Lipinski definition) is 2. The zero-order valence-electron chi connectivity index (χ0n) is 19.5. The molecule has 2 N–H and O–H groups in total. The number of carboxylic acid groups (broad SMARTS) is 1. The van der Waals surface area contributed by atoms with Crippen LogP contribution in [0.1, 0.15) is 42.6 Å². The minimum atomic E-state index is -1.26. The Balaban J connectivity index is 1.65. The van der Waals surface area contributed by atoms with E-state index in [1.807, 2.05) is 49.4 Å². The second-order valence-electron chi connectivity index (χ2n) is 8.35. The van der Waals surface area contributed by atoms with Crippen LogP contribution in [0, 0.1) is 0 Å². The summed E-state index contributed by atoms with van der Waals surface area (Å²) < 4.78 is 27.5. The van der Waals surface area contributed by atoms with Gasteiger partial charge in [-0.05, 0) is 43.0 Å². The molecule has 35 heavy (non-hydrogen) atoms. The quantitative estimate of drug-likeness (QED) is 0.520. The van der Waals surface area contributed by atoms with E-state index >= 15 is 0 Å². The van der Waals surface area contributed by atoms with Crippen molar-refractivity contribution in [2.45, 2.75) is 44.3 Å². The molecule has 0 aliphatic carbocycles. The van der Waals surface area contributed by atoms with Crippen molar-refractivity contribution in [3.63, 3.8) is 0 Å². The summed E-state index contributed by atoms with van der Waals surface area (Å²) in [6.07, 6.45) is 1.58. The second-order valence-corrected chi connectivity index (χ2v) is 8.35. The van der Waals surface area contributed by atoms with E-state index in [2.05, 4.69) is 5.32 Å². The molecule has 9 heteroatoms. The average Bonchev–Trinajstić information content (AvgIpc) is 3.53. The van der Waals surface area contributed by atoms with Gasteiger partial charge in [-0.15, -0.1) is 0 Å². The Morgan fingerprint density at radius 1 is 1.17 bits per heavy atom. The van der Waals surface area contributed by atoms with Gasteiger partial charge in [0.1, 0.15) is 18.1 Å². The molecule has 186 valence electrons. The van der Waals surface area contributed by atoms with Crippen LogP contribution in [-0.2, 0) is 36.6 Å². The first-order valence-corrected chi connectivity index (χ1v) is 11.6. The Labute approximate surface area is 203 Å². The lowest BCUT2D eigenvalue weighted by Gasteiger charge is -2.25. The third-order valence-corrected chi connectivity index (χ3v) is 5.91. The number of nitrogens with one attached hydrogen (secondary N) is 1. The molecule has 0 spiro atoms. The topological polar surface area (TPSA) is 113 Å². The number of carbonyl (C=O) groups excluding carboxylic acids is 1. The van der Waals surface area contributed by atoms with Gasteiger partial charge >= 0.3 is 12.1 Å². The molecule has 2 atom stereocenters. The third-order valence-electron chi connectivity index (χ3n) is 5.91. The van der Waals surface area contributed by atoms with E-state index < -0.39 is 23.8 Å². The molecule has 2 aromatic carbocycles. The van der Waals surface area contributed by atoms with Crippen LogP contribution in [0.25, 0.3) is 0 Å². The summed E-state index contributed by atoms with van der Waals surface area (Å²) in [6.45, 7) is 2.72. The number of ether oxygens (including phenoxy) is 5. The number of carbonyl (C=O) groups is 2. The molecular weight excluding hydrogens is 454 g/mol. The Morgan fingerprint density at radius 2 is 2.00 bits per heavy atom. The monoisotopic (exact) mass is 483 g/mol. The molecule has 2 aromatic rings. The standard InChI is InChI=1S/C26H29NO8/c1-2-32-21-10-9-19(15-26(24(28)29)11-6-12-34-26)13-20(21)22(14-18-7-4-3-5-8-18)35-25(30)27-23-16-31-17-33-23/h3-5,7-10,13,16,22H,2,6,11-12,14-15,17H2,1H3,(H,27,30)(H,28,29). The number of hydrogen-bond acceptors (Lipinski definition) is 7. The van der Waals surface area contributed by atoms with Gasteiger partial charge in [0.05, 0.1) is 6.61 Å². The van der Waals surface area contributed by atoms with Gasteiger partial charge in [-0.3, -0.25) is 5.32 Å². The van der Waals surface area contributed by atoms with Crippen LogP contribution in [0.2, 0.25) is 0 Å². The fourth-order valence-electron chi connectivity index (χ4n) is 4.27. The maximum absolute atomic E-state index is 12.7. The van der Waals surface area contributed by atoms with E-state index in [1.54, 1.807) is 6.07 Å². The summed E-state index contributed by atoms with van der Waals surface area (Å²) >= 11 is 0. The fourth-order valence-corrected chi connectivity index (χ4v) is 4.27. The number of alkyl carbamates (subject to hydrolysis) is 1. The van der Waals surface area contributed by atoms with Gasteiger partial charge in [0, 0.05) is 25.0 Å². The molecule has 0 radical (unpaired) electrons. The minimum absolute atomic E-state index is 0.0208. The highest BCUT2D eigenvalue weighted by molar-refractivity contribution is 5.78. The Bertz CT molecular complexity index is 1060. The van der Waals surface area contributed by atoms with Gasteiger partial charge in [0.15, 0.2) is 5.60 Å². The fraction of sp³-hybridized carbons (Fsp3) is 0.385. The first kappa shape index (κ1) is 24.4. The van der Waals surface area contributed by atoms with Crippen LogP contribution in [0.15, 0.2) is 60.7 Å². The van der Waals surface area contributed by atoms with Crippen LogP contribution in [0.3, 0.4) is 0 Å². The molecule has 0 bridgehead atoms. The molecule has 4 rings (SSSR count). The molecular formula is C26H29NO8. The molecule has 2 unspecified atom stereocenters. The summed E-state index contributed by atoms with van der Waals surface area (Å²) in [7, 11) is 0. The van der Waals surface area contributed by atoms with Crippen molar-refractivity contribution in [1.82, 2.24) is 5.32 Å². The highest BCUT2D eigenvalue weighted by Crippen LogP contribution is 2.35. The average molecular weight is 484 g/mol. The van der Waals surface area contributed by atoms with E-state index in [0.717, 1.165) is 11.1 Å². The van der Waals surface area contributed by atoms with Gasteiger partial charge in [0.25, 0.3) is 0 Å². The molecule has 1 fully saturated rings. The Kier molecular flexibility index (Phi) is 7.77. The SMILES string of the molecule is CCOc1ccc(CC2(C(=O)O)CCCO2)cc1C(Cc1ccccc1)OC(=O)NC1=COCO1. The zero-order chi connectivity index (χ0) is 24.7. The van der Waals surface area contributed by atoms with Crippen molar-refractivity contribution in [3.8, 4) is 5.75 Å². The lowest BCUT2D eigenvalue weighted by atomic mass is 9.89. The Morgan fingerprint density at radius 3 is 2.66 bits per heavy atom. The van der Waals surface area contributed by atoms with Crippen LogP contribution < -0.4 is 10.1 Å². The number of carboxylic acids is 1. The highest BCUT2D eigenvalue weighted by atomic mass is 16.7. The Hall–Kier alpha value is -3.72. The van der Waals surface area contributed by atoms with Crippen molar-refractivity contribution >= 4 is 12.1 Å². The maximum atomic E-state index is 12.7. The van der Waals surface area contributed by atoms with Gasteiger partial charge in [-0.2, -0.15) is 0 Å². The number of aliphatic carboxylic acids is 1. The number of amides is 1. The maximum Gasteiger partial charge on any atom is 0.414 e. The van der Waals surface area contributed by atoms with Crippen LogP contribution in [0.5, 0.6) is 5.75 Å². The predicted molar refractivity (Wildman–Crippen MR) is 124 cm³/mol. The number of rotatable bonds is 10. The largest absolute Gasteiger partial charge is 0.493 e. The predicted octanol–water partition coefficient (Wildman–Crippen LogP) is 4.07. The molecule has 2 heterocycles. The van der Waals surface area contributed by atoms with Crippen LogP contribution >= 0.6 is 0 Å². The summed E-state index contributed by atoms with van der Waals surface area (Å²) in [4.78, 5) is 24.7.